The van der Waals surface area contributed by atoms with E-state index in [0.29, 0.717) is 0 Å². The molecule has 0 amide bonds. The fourth-order valence-corrected chi connectivity index (χ4v) is 0.770. The summed E-state index contributed by atoms with van der Waals surface area (Å²) in [5.74, 6) is -1.26. The van der Waals surface area contributed by atoms with Gasteiger partial charge in [0.25, 0.3) is 5.24 Å². The molecule has 0 radical (unpaired) electrons. The van der Waals surface area contributed by atoms with E-state index in [1.165, 1.54) is 0 Å². The predicted octanol–water partition coefficient (Wildman–Crippen LogP) is 1.73. The highest BCUT2D eigenvalue weighted by Gasteiger charge is 2.39. The average molecular weight is 224 g/mol. The van der Waals surface area contributed by atoms with E-state index >= 15 is 0 Å². The summed E-state index contributed by atoms with van der Waals surface area (Å²) in [4.78, 5) is 20.9. The summed E-state index contributed by atoms with van der Waals surface area (Å²) in [5.41, 5.74) is 0. The highest BCUT2D eigenvalue weighted by Crippen LogP contribution is 2.25. The first-order chi connectivity index (χ1) is 4.42. The second kappa shape index (κ2) is 3.77. The van der Waals surface area contributed by atoms with Crippen LogP contribution in [0.25, 0.3) is 0 Å². The summed E-state index contributed by atoms with van der Waals surface area (Å²) in [7, 11) is 0. The van der Waals surface area contributed by atoms with Gasteiger partial charge in [-0.05, 0) is 11.6 Å². The fourth-order valence-electron chi connectivity index (χ4n) is 0.194. The van der Waals surface area contributed by atoms with Crippen molar-refractivity contribution in [1.82, 2.24) is 0 Å². The Hall–Kier alpha value is 0.500. The summed E-state index contributed by atoms with van der Waals surface area (Å²) in [6.07, 6.45) is 0. The number of alkyl halides is 3. The van der Waals surface area contributed by atoms with Crippen LogP contribution in [-0.2, 0) is 9.59 Å². The first kappa shape index (κ1) is 10.5. The van der Waals surface area contributed by atoms with Crippen molar-refractivity contribution in [3.63, 3.8) is 0 Å². The molecular weight excluding hydrogens is 222 g/mol. The maximum atomic E-state index is 10.6. The largest absolute Gasteiger partial charge is 0.294 e. The van der Waals surface area contributed by atoms with Crippen molar-refractivity contribution in [2.45, 2.75) is 4.33 Å². The molecule has 58 valence electrons. The number of hydrogen-bond donors (Lipinski definition) is 0. The zero-order valence-corrected chi connectivity index (χ0v) is 7.56. The Balaban J connectivity index is 4.40. The third-order valence-corrected chi connectivity index (χ3v) is 2.20. The molecule has 0 atom stereocenters. The lowest BCUT2D eigenvalue weighted by atomic mass is 10.3. The molecule has 0 fully saturated rings. The molecule has 0 saturated heterocycles. The van der Waals surface area contributed by atoms with Crippen LogP contribution >= 0.6 is 46.4 Å². The van der Waals surface area contributed by atoms with Gasteiger partial charge in [0.05, 0.1) is 5.88 Å². The third-order valence-electron chi connectivity index (χ3n) is 0.718. The lowest BCUT2D eigenvalue weighted by Crippen LogP contribution is -2.33. The maximum Gasteiger partial charge on any atom is 0.265 e. The summed E-state index contributed by atoms with van der Waals surface area (Å²) in [5, 5.41) is -1.14. The van der Waals surface area contributed by atoms with Crippen LogP contribution in [0.2, 0.25) is 0 Å². The monoisotopic (exact) mass is 222 g/mol. The highest BCUT2D eigenvalue weighted by atomic mass is 35.5. The molecule has 6 heteroatoms. The van der Waals surface area contributed by atoms with E-state index in [9.17, 15) is 9.59 Å². The molecule has 0 heterocycles. The Labute approximate surface area is 77.4 Å². The van der Waals surface area contributed by atoms with Crippen LogP contribution in [0.3, 0.4) is 0 Å². The van der Waals surface area contributed by atoms with Crippen molar-refractivity contribution < 1.29 is 9.59 Å². The third kappa shape index (κ3) is 2.27. The van der Waals surface area contributed by atoms with Gasteiger partial charge in [0.15, 0.2) is 5.78 Å². The van der Waals surface area contributed by atoms with Crippen molar-refractivity contribution in [2.24, 2.45) is 0 Å². The molecule has 0 unspecified atom stereocenters. The van der Waals surface area contributed by atoms with Gasteiger partial charge in [0.2, 0.25) is 4.33 Å². The van der Waals surface area contributed by atoms with Gasteiger partial charge in [-0.3, -0.25) is 9.59 Å². The van der Waals surface area contributed by atoms with E-state index in [0.717, 1.165) is 0 Å². The predicted molar refractivity (Wildman–Crippen MR) is 41.0 cm³/mol. The zero-order chi connectivity index (χ0) is 8.36. The van der Waals surface area contributed by atoms with Crippen LogP contribution in [-0.4, -0.2) is 21.2 Å². The summed E-state index contributed by atoms with van der Waals surface area (Å²) >= 11 is 20.3. The Kier molecular flexibility index (Phi) is 3.95. The van der Waals surface area contributed by atoms with E-state index < -0.39 is 21.2 Å². The zero-order valence-electron chi connectivity index (χ0n) is 4.54. The number of ketones is 1. The molecule has 0 saturated carbocycles. The quantitative estimate of drug-likeness (QED) is 0.415. The number of Topliss-reactive ketones (excluding diaryl/α,β-unsaturated/α-hetero) is 1. The van der Waals surface area contributed by atoms with Crippen LogP contribution in [0.5, 0.6) is 0 Å². The molecule has 0 spiro atoms. The smallest absolute Gasteiger partial charge is 0.265 e. The number of carbonyl (C=O) groups excluding carboxylic acids is 2. The standard InChI is InChI=1S/C4H2Cl4O2/c5-1-2(9)4(7,8)3(6)10/h1H2. The molecule has 2 nitrogen and oxygen atoms in total. The van der Waals surface area contributed by atoms with E-state index in [4.69, 9.17) is 46.4 Å². The highest BCUT2D eigenvalue weighted by molar-refractivity contribution is 6.84. The van der Waals surface area contributed by atoms with Gasteiger partial charge < -0.3 is 0 Å². The van der Waals surface area contributed by atoms with Gasteiger partial charge in [-0.2, -0.15) is 0 Å². The Morgan fingerprint density at radius 3 is 1.80 bits per heavy atom. The SMILES string of the molecule is O=C(Cl)C(Cl)(Cl)C(=O)CCl. The van der Waals surface area contributed by atoms with E-state index in [1.54, 1.807) is 0 Å². The first-order valence-corrected chi connectivity index (χ1v) is 3.76. The summed E-state index contributed by atoms with van der Waals surface area (Å²) in [6, 6.07) is 0. The Morgan fingerprint density at radius 1 is 1.30 bits per heavy atom. The van der Waals surface area contributed by atoms with Gasteiger partial charge in [-0.25, -0.2) is 0 Å². The van der Waals surface area contributed by atoms with Crippen molar-refractivity contribution in [2.75, 3.05) is 5.88 Å². The Morgan fingerprint density at radius 2 is 1.70 bits per heavy atom. The molecule has 0 aliphatic heterocycles. The van der Waals surface area contributed by atoms with Crippen LogP contribution in [0.4, 0.5) is 0 Å². The lowest BCUT2D eigenvalue weighted by Gasteiger charge is -2.09. The van der Waals surface area contributed by atoms with E-state index in [1.807, 2.05) is 0 Å². The Bertz CT molecular complexity index is 165. The molecule has 0 aliphatic rings. The number of rotatable bonds is 3. The average Bonchev–Trinajstić information content (AvgIpc) is 1.86. The lowest BCUT2D eigenvalue weighted by molar-refractivity contribution is -0.122. The minimum Gasteiger partial charge on any atom is -0.294 e. The normalized spacial score (nSPS) is 11.2. The molecule has 10 heavy (non-hydrogen) atoms. The molecule has 0 bridgehead atoms. The minimum atomic E-state index is -2.19. The minimum absolute atomic E-state index is 0.439. The van der Waals surface area contributed by atoms with Crippen LogP contribution < -0.4 is 0 Å². The molecule has 0 aliphatic carbocycles. The summed E-state index contributed by atoms with van der Waals surface area (Å²) in [6.45, 7) is 0. The second-order valence-electron chi connectivity index (χ2n) is 1.40. The fraction of sp³-hybridized carbons (Fsp3) is 0.500. The topological polar surface area (TPSA) is 34.1 Å². The number of hydrogen-bond acceptors (Lipinski definition) is 2. The van der Waals surface area contributed by atoms with Crippen LogP contribution in [0, 0.1) is 0 Å². The van der Waals surface area contributed by atoms with Gasteiger partial charge >= 0.3 is 0 Å². The number of halogens is 4. The van der Waals surface area contributed by atoms with Crippen molar-refractivity contribution in [3.05, 3.63) is 0 Å². The number of carbonyl (C=O) groups is 2. The molecule has 0 aromatic rings. The van der Waals surface area contributed by atoms with Gasteiger partial charge in [-0.1, -0.05) is 23.2 Å². The van der Waals surface area contributed by atoms with Crippen LogP contribution in [0.1, 0.15) is 0 Å². The van der Waals surface area contributed by atoms with E-state index in [2.05, 4.69) is 0 Å². The van der Waals surface area contributed by atoms with Crippen molar-refractivity contribution in [1.29, 1.82) is 0 Å². The summed E-state index contributed by atoms with van der Waals surface area (Å²) < 4.78 is -2.19. The van der Waals surface area contributed by atoms with Crippen molar-refractivity contribution >= 4 is 57.4 Å². The molecule has 0 aromatic carbocycles. The van der Waals surface area contributed by atoms with Gasteiger partial charge in [-0.15, -0.1) is 11.6 Å². The van der Waals surface area contributed by atoms with Crippen LogP contribution in [0.15, 0.2) is 0 Å². The first-order valence-electron chi connectivity index (χ1n) is 2.10. The van der Waals surface area contributed by atoms with Gasteiger partial charge in [0, 0.05) is 0 Å². The molecule has 0 N–H and O–H groups in total. The molecule has 0 rings (SSSR count). The molecular formula is C4H2Cl4O2. The maximum absolute atomic E-state index is 10.6. The van der Waals surface area contributed by atoms with Gasteiger partial charge in [0.1, 0.15) is 0 Å². The second-order valence-corrected chi connectivity index (χ2v) is 3.34. The van der Waals surface area contributed by atoms with E-state index in [-0.39, 0.29) is 0 Å². The molecule has 0 aromatic heterocycles. The van der Waals surface area contributed by atoms with Crippen molar-refractivity contribution in [3.8, 4) is 0 Å².